The van der Waals surface area contributed by atoms with Crippen LogP contribution in [0.2, 0.25) is 15.1 Å². The Labute approximate surface area is 209 Å². The summed E-state index contributed by atoms with van der Waals surface area (Å²) in [6.45, 7) is -0.216. The maximum atomic E-state index is 12.0. The Morgan fingerprint density at radius 3 is 2.38 bits per heavy atom. The number of nitrogens with one attached hydrogen (secondary N) is 3. The second-order valence-corrected chi connectivity index (χ2v) is 7.89. The summed E-state index contributed by atoms with van der Waals surface area (Å²) < 4.78 is 5.48. The predicted octanol–water partition coefficient (Wildman–Crippen LogP) is 4.75. The third-order valence-electron chi connectivity index (χ3n) is 4.14. The van der Waals surface area contributed by atoms with Crippen LogP contribution in [0.15, 0.2) is 71.8 Å². The topological polar surface area (TPSA) is 109 Å². The van der Waals surface area contributed by atoms with Crippen molar-refractivity contribution in [1.29, 1.82) is 0 Å². The van der Waals surface area contributed by atoms with Crippen LogP contribution in [0, 0.1) is 0 Å². The molecule has 0 fully saturated rings. The molecule has 0 aromatic heterocycles. The Kier molecular flexibility index (Phi) is 8.86. The highest BCUT2D eigenvalue weighted by Gasteiger charge is 2.15. The Bertz CT molecular complexity index is 1230. The summed E-state index contributed by atoms with van der Waals surface area (Å²) in [4.78, 5) is 36.0. The molecule has 11 heteroatoms. The van der Waals surface area contributed by atoms with Gasteiger partial charge in [0, 0.05) is 10.7 Å². The predicted molar refractivity (Wildman–Crippen MR) is 133 cm³/mol. The number of hydrogen-bond acceptors (Lipinski definition) is 5. The van der Waals surface area contributed by atoms with Gasteiger partial charge in [-0.15, -0.1) is 0 Å². The molecule has 0 radical (unpaired) electrons. The lowest BCUT2D eigenvalue weighted by Gasteiger charge is -2.08. The third kappa shape index (κ3) is 7.48. The molecule has 3 aromatic rings. The number of ether oxygens (including phenoxy) is 1. The van der Waals surface area contributed by atoms with Crippen molar-refractivity contribution >= 4 is 70.1 Å². The van der Waals surface area contributed by atoms with Crippen molar-refractivity contribution in [2.75, 3.05) is 17.2 Å². The fourth-order valence-electron chi connectivity index (χ4n) is 2.56. The van der Waals surface area contributed by atoms with Gasteiger partial charge in [0.1, 0.15) is 5.75 Å². The van der Waals surface area contributed by atoms with Gasteiger partial charge in [-0.2, -0.15) is 5.10 Å². The first-order valence-electron chi connectivity index (χ1n) is 9.68. The highest BCUT2D eigenvalue weighted by molar-refractivity contribution is 6.45. The van der Waals surface area contributed by atoms with Gasteiger partial charge in [-0.1, -0.05) is 53.0 Å². The van der Waals surface area contributed by atoms with E-state index in [0.29, 0.717) is 22.0 Å². The van der Waals surface area contributed by atoms with Gasteiger partial charge in [-0.05, 0) is 54.1 Å². The largest absolute Gasteiger partial charge is 0.484 e. The van der Waals surface area contributed by atoms with E-state index in [-0.39, 0.29) is 28.2 Å². The number of nitrogens with zero attached hydrogens (tertiary/aromatic N) is 1. The highest BCUT2D eigenvalue weighted by atomic mass is 35.5. The summed E-state index contributed by atoms with van der Waals surface area (Å²) in [5.74, 6) is -1.90. The Morgan fingerprint density at radius 1 is 0.882 bits per heavy atom. The number of hydrazone groups is 1. The molecule has 0 aliphatic heterocycles. The van der Waals surface area contributed by atoms with Crippen LogP contribution in [0.4, 0.5) is 11.4 Å². The van der Waals surface area contributed by atoms with Crippen LogP contribution in [0.25, 0.3) is 0 Å². The number of carbonyl (C=O) groups excluding carboxylic acids is 3. The zero-order valence-corrected chi connectivity index (χ0v) is 19.6. The molecule has 0 unspecified atom stereocenters. The normalized spacial score (nSPS) is 10.6. The van der Waals surface area contributed by atoms with E-state index in [0.717, 1.165) is 0 Å². The maximum Gasteiger partial charge on any atom is 0.329 e. The summed E-state index contributed by atoms with van der Waals surface area (Å²) in [6, 6.07) is 18.0. The molecular formula is C23H17Cl3N4O4. The van der Waals surface area contributed by atoms with Gasteiger partial charge in [-0.25, -0.2) is 5.43 Å². The average molecular weight is 520 g/mol. The summed E-state index contributed by atoms with van der Waals surface area (Å²) in [5, 5.41) is 9.71. The van der Waals surface area contributed by atoms with E-state index in [1.54, 1.807) is 60.7 Å². The van der Waals surface area contributed by atoms with Crippen LogP contribution in [0.1, 0.15) is 5.56 Å². The SMILES string of the molecule is O=C(COc1cccc(/C=N\NC(=O)C(=O)Nc2cccc(Cl)c2Cl)c1)Nc1ccc(Cl)cc1. The van der Waals surface area contributed by atoms with E-state index in [4.69, 9.17) is 39.5 Å². The molecule has 3 aromatic carbocycles. The molecule has 0 bridgehead atoms. The Morgan fingerprint density at radius 2 is 1.62 bits per heavy atom. The summed E-state index contributed by atoms with van der Waals surface area (Å²) in [6.07, 6.45) is 1.32. The molecule has 0 aliphatic rings. The number of amides is 3. The smallest absolute Gasteiger partial charge is 0.329 e. The second kappa shape index (κ2) is 12.0. The van der Waals surface area contributed by atoms with Crippen molar-refractivity contribution in [3.05, 3.63) is 87.4 Å². The van der Waals surface area contributed by atoms with Crippen LogP contribution in [0.5, 0.6) is 5.75 Å². The first kappa shape index (κ1) is 25.0. The lowest BCUT2D eigenvalue weighted by atomic mass is 10.2. The van der Waals surface area contributed by atoms with Crippen molar-refractivity contribution in [3.8, 4) is 5.75 Å². The highest BCUT2D eigenvalue weighted by Crippen LogP contribution is 2.29. The fraction of sp³-hybridized carbons (Fsp3) is 0.0435. The minimum absolute atomic E-state index is 0.118. The lowest BCUT2D eigenvalue weighted by molar-refractivity contribution is -0.136. The first-order chi connectivity index (χ1) is 16.3. The van der Waals surface area contributed by atoms with E-state index in [2.05, 4.69) is 21.2 Å². The van der Waals surface area contributed by atoms with E-state index < -0.39 is 11.8 Å². The van der Waals surface area contributed by atoms with Crippen molar-refractivity contribution in [2.24, 2.45) is 5.10 Å². The molecule has 8 nitrogen and oxygen atoms in total. The molecule has 34 heavy (non-hydrogen) atoms. The van der Waals surface area contributed by atoms with Crippen molar-refractivity contribution < 1.29 is 19.1 Å². The van der Waals surface area contributed by atoms with E-state index in [1.165, 1.54) is 12.3 Å². The molecule has 0 heterocycles. The van der Waals surface area contributed by atoms with Crippen LogP contribution >= 0.6 is 34.8 Å². The zero-order chi connectivity index (χ0) is 24.5. The minimum Gasteiger partial charge on any atom is -0.484 e. The van der Waals surface area contributed by atoms with Crippen LogP contribution < -0.4 is 20.8 Å². The van der Waals surface area contributed by atoms with Gasteiger partial charge in [0.15, 0.2) is 6.61 Å². The van der Waals surface area contributed by atoms with Crippen LogP contribution in [-0.2, 0) is 14.4 Å². The molecule has 3 rings (SSSR count). The van der Waals surface area contributed by atoms with E-state index in [9.17, 15) is 14.4 Å². The van der Waals surface area contributed by atoms with Crippen molar-refractivity contribution in [3.63, 3.8) is 0 Å². The fourth-order valence-corrected chi connectivity index (χ4v) is 3.03. The monoisotopic (exact) mass is 518 g/mol. The third-order valence-corrected chi connectivity index (χ3v) is 5.21. The van der Waals surface area contributed by atoms with Gasteiger partial charge in [0.25, 0.3) is 5.91 Å². The van der Waals surface area contributed by atoms with Gasteiger partial charge in [0.05, 0.1) is 21.9 Å². The molecule has 0 atom stereocenters. The van der Waals surface area contributed by atoms with Crippen LogP contribution in [-0.4, -0.2) is 30.5 Å². The van der Waals surface area contributed by atoms with E-state index in [1.807, 2.05) is 0 Å². The standard InChI is InChI=1S/C23H17Cl3N4O4/c24-15-7-9-16(10-8-15)28-20(31)13-34-17-4-1-3-14(11-17)12-27-30-23(33)22(32)29-19-6-2-5-18(25)21(19)26/h1-12H,13H2,(H,28,31)(H,29,32)(H,30,33)/b27-12-. The van der Waals surface area contributed by atoms with Crippen molar-refractivity contribution in [2.45, 2.75) is 0 Å². The first-order valence-corrected chi connectivity index (χ1v) is 10.8. The number of hydrogen-bond donors (Lipinski definition) is 3. The minimum atomic E-state index is -1.00. The number of benzene rings is 3. The van der Waals surface area contributed by atoms with Crippen molar-refractivity contribution in [1.82, 2.24) is 5.43 Å². The molecule has 0 spiro atoms. The number of rotatable bonds is 7. The molecule has 0 saturated carbocycles. The van der Waals surface area contributed by atoms with Gasteiger partial charge >= 0.3 is 11.8 Å². The Balaban J connectivity index is 1.49. The molecule has 3 N–H and O–H groups in total. The number of halogens is 3. The van der Waals surface area contributed by atoms with E-state index >= 15 is 0 Å². The van der Waals surface area contributed by atoms with Gasteiger partial charge in [-0.3, -0.25) is 14.4 Å². The Hall–Kier alpha value is -3.59. The molecular weight excluding hydrogens is 503 g/mol. The summed E-state index contributed by atoms with van der Waals surface area (Å²) in [5.41, 5.74) is 3.47. The quantitative estimate of drug-likeness (QED) is 0.238. The second-order valence-electron chi connectivity index (χ2n) is 6.67. The molecule has 0 aliphatic carbocycles. The molecule has 174 valence electrons. The average Bonchev–Trinajstić information content (AvgIpc) is 2.82. The van der Waals surface area contributed by atoms with Crippen LogP contribution in [0.3, 0.4) is 0 Å². The summed E-state index contributed by atoms with van der Waals surface area (Å²) >= 11 is 17.7. The molecule has 3 amide bonds. The van der Waals surface area contributed by atoms with Gasteiger partial charge in [0.2, 0.25) is 0 Å². The number of anilines is 2. The van der Waals surface area contributed by atoms with Gasteiger partial charge < -0.3 is 15.4 Å². The number of carbonyl (C=O) groups is 3. The summed E-state index contributed by atoms with van der Waals surface area (Å²) in [7, 11) is 0. The zero-order valence-electron chi connectivity index (χ0n) is 17.3. The molecule has 0 saturated heterocycles. The lowest BCUT2D eigenvalue weighted by Crippen LogP contribution is -2.32. The maximum absolute atomic E-state index is 12.0.